The Labute approximate surface area is 156 Å². The van der Waals surface area contributed by atoms with E-state index in [4.69, 9.17) is 16.3 Å². The van der Waals surface area contributed by atoms with Crippen LogP contribution >= 0.6 is 11.6 Å². The van der Waals surface area contributed by atoms with Crippen molar-refractivity contribution in [1.29, 1.82) is 0 Å². The van der Waals surface area contributed by atoms with Gasteiger partial charge in [0, 0.05) is 19.6 Å². The summed E-state index contributed by atoms with van der Waals surface area (Å²) >= 11 is 5.77. The molecule has 0 saturated carbocycles. The predicted molar refractivity (Wildman–Crippen MR) is 94.4 cm³/mol. The molecule has 0 radical (unpaired) electrons. The van der Waals surface area contributed by atoms with Crippen molar-refractivity contribution in [3.05, 3.63) is 29.0 Å². The molecule has 2 saturated heterocycles. The lowest BCUT2D eigenvalue weighted by atomic mass is 10.1. The van der Waals surface area contributed by atoms with E-state index >= 15 is 0 Å². The third-order valence-electron chi connectivity index (χ3n) is 4.70. The quantitative estimate of drug-likeness (QED) is 0.793. The van der Waals surface area contributed by atoms with Gasteiger partial charge in [-0.25, -0.2) is 17.6 Å². The highest BCUT2D eigenvalue weighted by atomic mass is 35.5. The molecule has 2 aliphatic rings. The fourth-order valence-corrected chi connectivity index (χ4v) is 5.41. The zero-order chi connectivity index (χ0) is 18.8. The molecule has 2 aliphatic heterocycles. The predicted octanol–water partition coefficient (Wildman–Crippen LogP) is 1.37. The number of piperidine rings is 1. The molecule has 0 aliphatic carbocycles. The Balaban J connectivity index is 1.96. The highest BCUT2D eigenvalue weighted by Gasteiger charge is 2.48. The molecule has 2 N–H and O–H groups in total. The smallest absolute Gasteiger partial charge is 0.318 e. The summed E-state index contributed by atoms with van der Waals surface area (Å²) in [5, 5.41) is 5.39. The fourth-order valence-electron chi connectivity index (χ4n) is 3.22. The van der Waals surface area contributed by atoms with Crippen LogP contribution in [0.1, 0.15) is 12.8 Å². The Morgan fingerprint density at radius 3 is 2.73 bits per heavy atom. The molecule has 1 aromatic carbocycles. The second-order valence-electron chi connectivity index (χ2n) is 6.36. The van der Waals surface area contributed by atoms with Crippen molar-refractivity contribution in [2.75, 3.05) is 39.4 Å². The van der Waals surface area contributed by atoms with Gasteiger partial charge in [0.05, 0.1) is 18.2 Å². The fraction of sp³-hybridized carbons (Fsp3) is 0.562. The highest BCUT2D eigenvalue weighted by molar-refractivity contribution is 7.92. The minimum atomic E-state index is -4.22. The Kier molecular flexibility index (Phi) is 5.71. The lowest BCUT2D eigenvalue weighted by Gasteiger charge is -2.39. The summed E-state index contributed by atoms with van der Waals surface area (Å²) in [6.07, 6.45) is 0.717. The minimum Gasteiger partial charge on any atom is -0.378 e. The number of carbonyl (C=O) groups excluding carboxylic acids is 1. The number of amides is 2. The first-order chi connectivity index (χ1) is 12.4. The first-order valence-corrected chi connectivity index (χ1v) is 10.3. The molecule has 144 valence electrons. The Morgan fingerprint density at radius 2 is 2.08 bits per heavy atom. The summed E-state index contributed by atoms with van der Waals surface area (Å²) in [5.74, 6) is -1.00. The number of hydrogen-bond donors (Lipinski definition) is 2. The molecular formula is C16H21ClFN3O4S. The van der Waals surface area contributed by atoms with Crippen molar-refractivity contribution < 1.29 is 22.3 Å². The summed E-state index contributed by atoms with van der Waals surface area (Å²) in [6, 6.07) is 3.34. The van der Waals surface area contributed by atoms with Crippen LogP contribution in [0.3, 0.4) is 0 Å². The molecule has 0 bridgehead atoms. The van der Waals surface area contributed by atoms with Crippen LogP contribution in [-0.4, -0.2) is 63.6 Å². The van der Waals surface area contributed by atoms with Gasteiger partial charge in [-0.1, -0.05) is 17.7 Å². The second kappa shape index (κ2) is 7.67. The van der Waals surface area contributed by atoms with Crippen molar-refractivity contribution in [3.63, 3.8) is 0 Å². The van der Waals surface area contributed by atoms with Gasteiger partial charge in [0.1, 0.15) is 4.90 Å². The summed E-state index contributed by atoms with van der Waals surface area (Å²) in [6.45, 7) is 2.17. The van der Waals surface area contributed by atoms with E-state index in [1.165, 1.54) is 23.1 Å². The zero-order valence-electron chi connectivity index (χ0n) is 14.1. The number of nitrogens with zero attached hydrogens (tertiary/aromatic N) is 1. The van der Waals surface area contributed by atoms with Crippen LogP contribution in [0.4, 0.5) is 9.18 Å². The van der Waals surface area contributed by atoms with Gasteiger partial charge in [0.2, 0.25) is 9.84 Å². The van der Waals surface area contributed by atoms with Crippen molar-refractivity contribution in [1.82, 2.24) is 15.5 Å². The van der Waals surface area contributed by atoms with Gasteiger partial charge in [-0.2, -0.15) is 0 Å². The Morgan fingerprint density at radius 1 is 1.35 bits per heavy atom. The molecule has 1 atom stereocenters. The van der Waals surface area contributed by atoms with Gasteiger partial charge in [0.25, 0.3) is 0 Å². The number of hydrogen-bond acceptors (Lipinski definition) is 5. The number of nitrogens with one attached hydrogen (secondary N) is 2. The molecule has 7 nitrogen and oxygen atoms in total. The monoisotopic (exact) mass is 405 g/mol. The topological polar surface area (TPSA) is 87.7 Å². The summed E-state index contributed by atoms with van der Waals surface area (Å²) in [7, 11) is -4.22. The SMILES string of the molecule is O=C(N[C@]1(S(=O)(=O)c2cccc(Cl)c2F)CCCNC1)N1CCOCC1. The lowest BCUT2D eigenvalue weighted by molar-refractivity contribution is 0.0517. The number of carbonyl (C=O) groups is 1. The maximum absolute atomic E-state index is 14.4. The van der Waals surface area contributed by atoms with E-state index in [2.05, 4.69) is 10.6 Å². The van der Waals surface area contributed by atoms with Gasteiger partial charge in [-0.15, -0.1) is 0 Å². The van der Waals surface area contributed by atoms with Gasteiger partial charge in [-0.3, -0.25) is 0 Å². The summed E-state index contributed by atoms with van der Waals surface area (Å²) in [5.41, 5.74) is 0. The number of rotatable bonds is 3. The first kappa shape index (κ1) is 19.3. The van der Waals surface area contributed by atoms with E-state index < -0.39 is 31.5 Å². The molecule has 0 unspecified atom stereocenters. The summed E-state index contributed by atoms with van der Waals surface area (Å²) < 4.78 is 46.3. The van der Waals surface area contributed by atoms with Crippen molar-refractivity contribution in [3.8, 4) is 0 Å². The van der Waals surface area contributed by atoms with Gasteiger partial charge >= 0.3 is 6.03 Å². The normalized spacial score (nSPS) is 24.3. The van der Waals surface area contributed by atoms with Gasteiger partial charge < -0.3 is 20.3 Å². The van der Waals surface area contributed by atoms with E-state index in [9.17, 15) is 17.6 Å². The van der Waals surface area contributed by atoms with Crippen LogP contribution in [0, 0.1) is 5.82 Å². The first-order valence-electron chi connectivity index (χ1n) is 8.42. The minimum absolute atomic E-state index is 0.00261. The van der Waals surface area contributed by atoms with E-state index in [1.807, 2.05) is 0 Å². The highest BCUT2D eigenvalue weighted by Crippen LogP contribution is 2.33. The molecule has 2 fully saturated rings. The molecule has 0 aromatic heterocycles. The third-order valence-corrected chi connectivity index (χ3v) is 7.36. The maximum atomic E-state index is 14.4. The Hall–Kier alpha value is -1.42. The van der Waals surface area contributed by atoms with Crippen LogP contribution in [0.2, 0.25) is 5.02 Å². The number of sulfone groups is 1. The molecule has 10 heteroatoms. The molecule has 2 amide bonds. The van der Waals surface area contributed by atoms with Crippen molar-refractivity contribution >= 4 is 27.5 Å². The van der Waals surface area contributed by atoms with E-state index in [0.717, 1.165) is 0 Å². The molecule has 2 heterocycles. The maximum Gasteiger partial charge on any atom is 0.318 e. The summed E-state index contributed by atoms with van der Waals surface area (Å²) in [4.78, 5) is 12.0. The standard InChI is InChI=1S/C16H21ClFN3O4S/c17-12-3-1-4-13(14(12)18)26(23,24)16(5-2-6-19-11-16)20-15(22)21-7-9-25-10-8-21/h1,3-4,19H,2,5-11H2,(H,20,22)/t16-/m0/s1. The molecule has 0 spiro atoms. The third kappa shape index (κ3) is 3.53. The zero-order valence-corrected chi connectivity index (χ0v) is 15.7. The van der Waals surface area contributed by atoms with Crippen LogP contribution in [0.5, 0.6) is 0 Å². The number of halogens is 2. The van der Waals surface area contributed by atoms with Crippen molar-refractivity contribution in [2.24, 2.45) is 0 Å². The number of urea groups is 1. The van der Waals surface area contributed by atoms with Gasteiger partial charge in [-0.05, 0) is 31.5 Å². The van der Waals surface area contributed by atoms with Crippen LogP contribution in [0.15, 0.2) is 23.1 Å². The van der Waals surface area contributed by atoms with Crippen LogP contribution in [0.25, 0.3) is 0 Å². The van der Waals surface area contributed by atoms with Gasteiger partial charge in [0.15, 0.2) is 10.7 Å². The van der Waals surface area contributed by atoms with Crippen LogP contribution in [-0.2, 0) is 14.6 Å². The van der Waals surface area contributed by atoms with E-state index in [-0.39, 0.29) is 18.0 Å². The molecule has 3 rings (SSSR count). The van der Waals surface area contributed by atoms with Crippen molar-refractivity contribution in [2.45, 2.75) is 22.6 Å². The van der Waals surface area contributed by atoms with Crippen LogP contribution < -0.4 is 10.6 Å². The Bertz CT molecular complexity index is 778. The largest absolute Gasteiger partial charge is 0.378 e. The van der Waals surface area contributed by atoms with E-state index in [1.54, 1.807) is 0 Å². The second-order valence-corrected chi connectivity index (χ2v) is 8.99. The average Bonchev–Trinajstić information content (AvgIpc) is 2.65. The number of ether oxygens (including phenoxy) is 1. The van der Waals surface area contributed by atoms with E-state index in [0.29, 0.717) is 39.3 Å². The molecule has 26 heavy (non-hydrogen) atoms. The lowest BCUT2D eigenvalue weighted by Crippen LogP contribution is -2.64. The number of morpholine rings is 1. The number of benzene rings is 1. The average molecular weight is 406 g/mol. The molecule has 1 aromatic rings. The molecular weight excluding hydrogens is 385 g/mol.